The number of rotatable bonds is 3. The van der Waals surface area contributed by atoms with Crippen molar-refractivity contribution < 1.29 is 34.1 Å². The summed E-state index contributed by atoms with van der Waals surface area (Å²) in [4.78, 5) is 45.0. The van der Waals surface area contributed by atoms with Gasteiger partial charge in [-0.3, -0.25) is 9.59 Å². The normalized spacial score (nSPS) is 30.4. The van der Waals surface area contributed by atoms with E-state index < -0.39 is 35.7 Å². The number of cyclic esters (lactones) is 2. The Balaban J connectivity index is 2.31. The summed E-state index contributed by atoms with van der Waals surface area (Å²) in [6, 6.07) is 0. The van der Waals surface area contributed by atoms with Crippen LogP contribution in [0.3, 0.4) is 0 Å². The van der Waals surface area contributed by atoms with E-state index in [1.54, 1.807) is 6.92 Å². The van der Waals surface area contributed by atoms with Crippen molar-refractivity contribution in [3.8, 4) is 0 Å². The van der Waals surface area contributed by atoms with Crippen LogP contribution in [0, 0.1) is 17.8 Å². The summed E-state index contributed by atoms with van der Waals surface area (Å²) in [5, 5.41) is 18.3. The third kappa shape index (κ3) is 2.43. The summed E-state index contributed by atoms with van der Waals surface area (Å²) in [5.41, 5.74) is -0.306. The van der Waals surface area contributed by atoms with Gasteiger partial charge in [-0.05, 0) is 24.7 Å². The predicted molar refractivity (Wildman–Crippen MR) is 63.4 cm³/mol. The second kappa shape index (κ2) is 5.07. The number of ether oxygens (including phenoxy) is 1. The van der Waals surface area contributed by atoms with E-state index in [4.69, 9.17) is 10.2 Å². The fourth-order valence-corrected chi connectivity index (χ4v) is 3.03. The summed E-state index contributed by atoms with van der Waals surface area (Å²) in [5.74, 6) is -5.34. The first-order chi connectivity index (χ1) is 9.31. The van der Waals surface area contributed by atoms with Crippen LogP contribution in [0.5, 0.6) is 0 Å². The van der Waals surface area contributed by atoms with Crippen LogP contribution >= 0.6 is 0 Å². The molecular weight excluding hydrogens is 268 g/mol. The Hall–Kier alpha value is -2.18. The van der Waals surface area contributed by atoms with Crippen molar-refractivity contribution in [1.29, 1.82) is 0 Å². The summed E-state index contributed by atoms with van der Waals surface area (Å²) in [6.07, 6.45) is 0.255. The molecule has 20 heavy (non-hydrogen) atoms. The van der Waals surface area contributed by atoms with Crippen molar-refractivity contribution in [2.45, 2.75) is 26.2 Å². The van der Waals surface area contributed by atoms with Crippen molar-refractivity contribution in [3.05, 3.63) is 11.1 Å². The zero-order chi connectivity index (χ0) is 15.0. The Kier molecular flexibility index (Phi) is 3.61. The van der Waals surface area contributed by atoms with Gasteiger partial charge in [-0.2, -0.15) is 0 Å². The number of carboxylic acid groups (broad SMARTS) is 2. The maximum Gasteiger partial charge on any atom is 0.332 e. The number of carbonyl (C=O) groups excluding carboxylic acids is 2. The number of carbonyl (C=O) groups is 4. The molecule has 0 saturated carbocycles. The van der Waals surface area contributed by atoms with Crippen molar-refractivity contribution in [2.24, 2.45) is 17.8 Å². The van der Waals surface area contributed by atoms with Crippen molar-refractivity contribution in [2.75, 3.05) is 0 Å². The number of esters is 2. The summed E-state index contributed by atoms with van der Waals surface area (Å²) in [7, 11) is 0. The SMILES string of the molecule is CC1CC(C2CC(=O)OC2=O)CC(C(=O)O)=C1C(=O)O. The molecule has 1 heterocycles. The molecule has 1 fully saturated rings. The highest BCUT2D eigenvalue weighted by atomic mass is 16.6. The van der Waals surface area contributed by atoms with Crippen molar-refractivity contribution in [3.63, 3.8) is 0 Å². The maximum atomic E-state index is 11.6. The summed E-state index contributed by atoms with van der Waals surface area (Å²) < 4.78 is 4.47. The van der Waals surface area contributed by atoms with Crippen LogP contribution in [-0.4, -0.2) is 34.1 Å². The number of hydrogen-bond donors (Lipinski definition) is 2. The number of carboxylic acids is 2. The number of hydrogen-bond acceptors (Lipinski definition) is 5. The molecule has 0 bridgehead atoms. The van der Waals surface area contributed by atoms with E-state index in [-0.39, 0.29) is 29.9 Å². The largest absolute Gasteiger partial charge is 0.478 e. The van der Waals surface area contributed by atoms with Gasteiger partial charge < -0.3 is 14.9 Å². The second-order valence-electron chi connectivity index (χ2n) is 5.21. The topological polar surface area (TPSA) is 118 Å². The van der Waals surface area contributed by atoms with Crippen LogP contribution in [0.25, 0.3) is 0 Å². The molecule has 0 spiro atoms. The van der Waals surface area contributed by atoms with Crippen LogP contribution < -0.4 is 0 Å². The zero-order valence-electron chi connectivity index (χ0n) is 10.8. The van der Waals surface area contributed by atoms with Crippen LogP contribution in [0.15, 0.2) is 11.1 Å². The molecule has 0 aromatic carbocycles. The lowest BCUT2D eigenvalue weighted by Gasteiger charge is -2.30. The average Bonchev–Trinajstić information content (AvgIpc) is 2.66. The lowest BCUT2D eigenvalue weighted by molar-refractivity contribution is -0.153. The molecule has 0 radical (unpaired) electrons. The highest BCUT2D eigenvalue weighted by molar-refractivity contribution is 6.00. The first-order valence-corrected chi connectivity index (χ1v) is 6.25. The van der Waals surface area contributed by atoms with E-state index >= 15 is 0 Å². The van der Waals surface area contributed by atoms with Gasteiger partial charge in [-0.1, -0.05) is 6.92 Å². The Bertz CT molecular complexity index is 531. The minimum Gasteiger partial charge on any atom is -0.478 e. The van der Waals surface area contributed by atoms with Gasteiger partial charge in [0.2, 0.25) is 0 Å². The fraction of sp³-hybridized carbons (Fsp3) is 0.538. The molecule has 7 nitrogen and oxygen atoms in total. The third-order valence-electron chi connectivity index (χ3n) is 3.90. The number of aliphatic carboxylic acids is 2. The van der Waals surface area contributed by atoms with Crippen LogP contribution in [-0.2, 0) is 23.9 Å². The average molecular weight is 282 g/mol. The standard InChI is InChI=1S/C13H14O7/c1-5-2-6(7-4-9(14)20-13(7)19)3-8(11(15)16)10(5)12(17)18/h5-7H,2-4H2,1H3,(H,15,16)(H,17,18). The maximum absolute atomic E-state index is 11.6. The molecular formula is C13H14O7. The van der Waals surface area contributed by atoms with Crippen LogP contribution in [0.4, 0.5) is 0 Å². The first kappa shape index (κ1) is 14.2. The smallest absolute Gasteiger partial charge is 0.332 e. The summed E-state index contributed by atoms with van der Waals surface area (Å²) >= 11 is 0. The van der Waals surface area contributed by atoms with Crippen molar-refractivity contribution >= 4 is 23.9 Å². The first-order valence-electron chi connectivity index (χ1n) is 6.25. The minimum atomic E-state index is -1.29. The van der Waals surface area contributed by atoms with E-state index in [1.165, 1.54) is 0 Å². The molecule has 2 N–H and O–H groups in total. The third-order valence-corrected chi connectivity index (χ3v) is 3.90. The van der Waals surface area contributed by atoms with E-state index in [2.05, 4.69) is 4.74 Å². The second-order valence-corrected chi connectivity index (χ2v) is 5.21. The molecule has 3 atom stereocenters. The zero-order valence-corrected chi connectivity index (χ0v) is 10.8. The predicted octanol–water partition coefficient (Wildman–Crippen LogP) is 0.588. The molecule has 0 aromatic rings. The van der Waals surface area contributed by atoms with Gasteiger partial charge in [0, 0.05) is 5.57 Å². The molecule has 0 amide bonds. The molecule has 7 heteroatoms. The Morgan fingerprint density at radius 2 is 1.80 bits per heavy atom. The van der Waals surface area contributed by atoms with E-state index in [0.29, 0.717) is 6.42 Å². The highest BCUT2D eigenvalue weighted by Gasteiger charge is 2.44. The molecule has 2 aliphatic rings. The molecule has 0 aromatic heterocycles. The lowest BCUT2D eigenvalue weighted by atomic mass is 9.72. The van der Waals surface area contributed by atoms with Gasteiger partial charge in [-0.15, -0.1) is 0 Å². The van der Waals surface area contributed by atoms with Crippen LogP contribution in [0.2, 0.25) is 0 Å². The minimum absolute atomic E-state index is 0.0334. The molecule has 1 saturated heterocycles. The quantitative estimate of drug-likeness (QED) is 0.574. The van der Waals surface area contributed by atoms with Gasteiger partial charge in [0.25, 0.3) is 0 Å². The summed E-state index contributed by atoms with van der Waals surface area (Å²) in [6.45, 7) is 1.61. The van der Waals surface area contributed by atoms with Gasteiger partial charge >= 0.3 is 23.9 Å². The van der Waals surface area contributed by atoms with Gasteiger partial charge in [0.15, 0.2) is 0 Å². The van der Waals surface area contributed by atoms with E-state index in [1.807, 2.05) is 0 Å². The van der Waals surface area contributed by atoms with Crippen molar-refractivity contribution in [1.82, 2.24) is 0 Å². The molecule has 3 unspecified atom stereocenters. The lowest BCUT2D eigenvalue weighted by Crippen LogP contribution is -2.31. The van der Waals surface area contributed by atoms with Gasteiger partial charge in [0.1, 0.15) is 0 Å². The Morgan fingerprint density at radius 1 is 1.15 bits per heavy atom. The Morgan fingerprint density at radius 3 is 2.25 bits per heavy atom. The molecule has 1 aliphatic heterocycles. The fourth-order valence-electron chi connectivity index (χ4n) is 3.03. The Labute approximate surface area is 114 Å². The molecule has 2 rings (SSSR count). The highest BCUT2D eigenvalue weighted by Crippen LogP contribution is 2.41. The monoisotopic (exact) mass is 282 g/mol. The van der Waals surface area contributed by atoms with Crippen LogP contribution in [0.1, 0.15) is 26.2 Å². The van der Waals surface area contributed by atoms with E-state index in [9.17, 15) is 19.2 Å². The van der Waals surface area contributed by atoms with E-state index in [0.717, 1.165) is 0 Å². The molecule has 108 valence electrons. The van der Waals surface area contributed by atoms with Gasteiger partial charge in [0.05, 0.1) is 17.9 Å². The molecule has 1 aliphatic carbocycles. The van der Waals surface area contributed by atoms with Gasteiger partial charge in [-0.25, -0.2) is 9.59 Å².